The number of pyridine rings is 1. The number of fused-ring (bicyclic) bond motifs is 1. The monoisotopic (exact) mass is 332 g/mol. The largest absolute Gasteiger partial charge is 0.384 e. The Balaban J connectivity index is 1.35. The zero-order chi connectivity index (χ0) is 16.5. The molecular weight excluding hydrogens is 308 g/mol. The van der Waals surface area contributed by atoms with Crippen molar-refractivity contribution < 1.29 is 14.3 Å². The molecule has 1 aromatic rings. The van der Waals surface area contributed by atoms with Crippen LogP contribution in [0.1, 0.15) is 24.6 Å². The Morgan fingerprint density at radius 1 is 1.46 bits per heavy atom. The van der Waals surface area contributed by atoms with Gasteiger partial charge in [0.1, 0.15) is 6.04 Å². The van der Waals surface area contributed by atoms with Crippen LogP contribution in [0, 0.1) is 11.8 Å². The number of hydrogen-bond acceptors (Lipinski definition) is 6. The summed E-state index contributed by atoms with van der Waals surface area (Å²) in [4.78, 5) is 17.0. The van der Waals surface area contributed by atoms with Crippen LogP contribution >= 0.6 is 0 Å². The molecule has 24 heavy (non-hydrogen) atoms. The maximum atomic E-state index is 12.6. The molecule has 130 valence electrons. The maximum absolute atomic E-state index is 12.6. The Morgan fingerprint density at radius 3 is 3.17 bits per heavy atom. The van der Waals surface area contributed by atoms with E-state index in [-0.39, 0.29) is 36.1 Å². The molecular formula is C17H24N4O3. The minimum absolute atomic E-state index is 0.0392. The van der Waals surface area contributed by atoms with Crippen molar-refractivity contribution in [2.24, 2.45) is 11.8 Å². The molecule has 3 fully saturated rings. The van der Waals surface area contributed by atoms with Crippen molar-refractivity contribution in [1.82, 2.24) is 21.2 Å². The molecule has 1 amide bonds. The third-order valence-electron chi connectivity index (χ3n) is 5.46. The highest BCUT2D eigenvalue weighted by atomic mass is 16.5. The van der Waals surface area contributed by atoms with Crippen molar-refractivity contribution in [2.45, 2.75) is 37.1 Å². The number of methoxy groups -OCH3 is 1. The highest BCUT2D eigenvalue weighted by molar-refractivity contribution is 5.82. The van der Waals surface area contributed by atoms with Crippen LogP contribution in [0.15, 0.2) is 24.4 Å². The molecule has 3 N–H and O–H groups in total. The van der Waals surface area contributed by atoms with E-state index in [1.165, 1.54) is 0 Å². The fraction of sp³-hybridized carbons (Fsp3) is 0.647. The summed E-state index contributed by atoms with van der Waals surface area (Å²) in [6, 6.07) is 5.79. The van der Waals surface area contributed by atoms with Gasteiger partial charge < -0.3 is 14.8 Å². The van der Waals surface area contributed by atoms with Gasteiger partial charge in [0.25, 0.3) is 0 Å². The summed E-state index contributed by atoms with van der Waals surface area (Å²) < 4.78 is 11.1. The van der Waals surface area contributed by atoms with E-state index in [4.69, 9.17) is 9.47 Å². The molecule has 0 aromatic carbocycles. The van der Waals surface area contributed by atoms with Gasteiger partial charge in [0, 0.05) is 37.8 Å². The minimum atomic E-state index is -0.249. The molecule has 0 radical (unpaired) electrons. The molecule has 1 aliphatic carbocycles. The molecule has 0 spiro atoms. The predicted octanol–water partition coefficient (Wildman–Crippen LogP) is 0.155. The lowest BCUT2D eigenvalue weighted by molar-refractivity contribution is -0.131. The van der Waals surface area contributed by atoms with E-state index < -0.39 is 0 Å². The van der Waals surface area contributed by atoms with E-state index in [9.17, 15) is 4.79 Å². The maximum Gasteiger partial charge on any atom is 0.238 e. The summed E-state index contributed by atoms with van der Waals surface area (Å²) in [6.07, 6.45) is 3.72. The van der Waals surface area contributed by atoms with Crippen LogP contribution in [0.5, 0.6) is 0 Å². The number of nitrogens with one attached hydrogen (secondary N) is 3. The fourth-order valence-electron chi connectivity index (χ4n) is 4.20. The molecule has 1 saturated carbocycles. The van der Waals surface area contributed by atoms with Gasteiger partial charge in [-0.25, -0.2) is 10.9 Å². The molecule has 2 aliphatic heterocycles. The average Bonchev–Trinajstić information content (AvgIpc) is 3.26. The quantitative estimate of drug-likeness (QED) is 0.712. The van der Waals surface area contributed by atoms with Crippen molar-refractivity contribution in [3.63, 3.8) is 0 Å². The van der Waals surface area contributed by atoms with Crippen LogP contribution in [-0.4, -0.2) is 49.4 Å². The second-order valence-corrected chi connectivity index (χ2v) is 6.83. The van der Waals surface area contributed by atoms with Crippen LogP contribution in [0.25, 0.3) is 0 Å². The van der Waals surface area contributed by atoms with Crippen molar-refractivity contribution >= 4 is 5.91 Å². The summed E-state index contributed by atoms with van der Waals surface area (Å²) in [5, 5.41) is 3.21. The topological polar surface area (TPSA) is 84.5 Å². The lowest BCUT2D eigenvalue weighted by Crippen LogP contribution is -2.64. The first kappa shape index (κ1) is 16.0. The molecule has 1 aromatic heterocycles. The Kier molecular flexibility index (Phi) is 4.49. The van der Waals surface area contributed by atoms with E-state index in [2.05, 4.69) is 21.2 Å². The van der Waals surface area contributed by atoms with Gasteiger partial charge in [0.2, 0.25) is 5.91 Å². The van der Waals surface area contributed by atoms with Gasteiger partial charge in [-0.15, -0.1) is 0 Å². The molecule has 3 heterocycles. The lowest BCUT2D eigenvalue weighted by Gasteiger charge is -2.47. The number of nitrogens with zero attached hydrogens (tertiary/aromatic N) is 1. The smallest absolute Gasteiger partial charge is 0.238 e. The van der Waals surface area contributed by atoms with E-state index in [1.54, 1.807) is 13.3 Å². The number of carbonyl (C=O) groups excluding carboxylic acids is 1. The summed E-state index contributed by atoms with van der Waals surface area (Å²) in [5.74, 6) is 0.722. The van der Waals surface area contributed by atoms with E-state index in [0.717, 1.165) is 18.7 Å². The van der Waals surface area contributed by atoms with Gasteiger partial charge in [-0.3, -0.25) is 9.78 Å². The number of aromatic nitrogens is 1. The van der Waals surface area contributed by atoms with Crippen molar-refractivity contribution in [2.75, 3.05) is 20.3 Å². The average molecular weight is 332 g/mol. The highest BCUT2D eigenvalue weighted by Crippen LogP contribution is 2.43. The first-order valence-corrected chi connectivity index (χ1v) is 8.61. The zero-order valence-corrected chi connectivity index (χ0v) is 13.8. The van der Waals surface area contributed by atoms with Crippen LogP contribution in [0.4, 0.5) is 0 Å². The molecule has 2 unspecified atom stereocenters. The number of hydrazine groups is 1. The van der Waals surface area contributed by atoms with Gasteiger partial charge in [-0.05, 0) is 25.0 Å². The van der Waals surface area contributed by atoms with Crippen LogP contribution in [0.2, 0.25) is 0 Å². The minimum Gasteiger partial charge on any atom is -0.384 e. The Hall–Kier alpha value is -1.54. The highest BCUT2D eigenvalue weighted by Gasteiger charge is 2.54. The normalized spacial score (nSPS) is 37.7. The number of ether oxygens (including phenoxy) is 2. The van der Waals surface area contributed by atoms with Crippen LogP contribution in [-0.2, 0) is 14.3 Å². The second-order valence-electron chi connectivity index (χ2n) is 6.83. The molecule has 2 saturated heterocycles. The summed E-state index contributed by atoms with van der Waals surface area (Å²) in [6.45, 7) is 1.41. The zero-order valence-electron chi connectivity index (χ0n) is 13.8. The van der Waals surface area contributed by atoms with E-state index in [1.807, 2.05) is 18.2 Å². The first-order valence-electron chi connectivity index (χ1n) is 8.61. The van der Waals surface area contributed by atoms with Gasteiger partial charge in [-0.1, -0.05) is 6.07 Å². The number of carbonyl (C=O) groups is 1. The van der Waals surface area contributed by atoms with Gasteiger partial charge in [0.15, 0.2) is 0 Å². The standard InChI is InChI=1S/C17H24N4O3/c1-23-9-11-15(10-5-7-24-16(10)11)19-17(22)14-8-13(20-21-14)12-4-2-3-6-18-12/h2-4,6,10-11,13-16,20-21H,5,7-9H2,1H3,(H,19,22)/t10-,11+,13?,14?,15-,16-/m1/s1. The van der Waals surface area contributed by atoms with E-state index in [0.29, 0.717) is 18.9 Å². The number of rotatable bonds is 5. The van der Waals surface area contributed by atoms with Crippen LogP contribution < -0.4 is 16.2 Å². The third-order valence-corrected chi connectivity index (χ3v) is 5.46. The molecule has 0 bridgehead atoms. The predicted molar refractivity (Wildman–Crippen MR) is 86.8 cm³/mol. The molecule has 7 heteroatoms. The Bertz CT molecular complexity index is 584. The molecule has 4 rings (SSSR count). The summed E-state index contributed by atoms with van der Waals surface area (Å²) in [7, 11) is 1.70. The van der Waals surface area contributed by atoms with Crippen molar-refractivity contribution in [3.05, 3.63) is 30.1 Å². The fourth-order valence-corrected chi connectivity index (χ4v) is 4.20. The third kappa shape index (κ3) is 2.82. The van der Waals surface area contributed by atoms with Gasteiger partial charge in [-0.2, -0.15) is 0 Å². The van der Waals surface area contributed by atoms with Crippen LogP contribution in [0.3, 0.4) is 0 Å². The molecule has 7 nitrogen and oxygen atoms in total. The molecule has 6 atom stereocenters. The number of amides is 1. The summed E-state index contributed by atoms with van der Waals surface area (Å²) >= 11 is 0. The van der Waals surface area contributed by atoms with Crippen molar-refractivity contribution in [1.29, 1.82) is 0 Å². The molecule has 3 aliphatic rings. The van der Waals surface area contributed by atoms with Gasteiger partial charge >= 0.3 is 0 Å². The van der Waals surface area contributed by atoms with Gasteiger partial charge in [0.05, 0.1) is 24.4 Å². The van der Waals surface area contributed by atoms with Crippen molar-refractivity contribution in [3.8, 4) is 0 Å². The lowest BCUT2D eigenvalue weighted by atomic mass is 9.67. The Morgan fingerprint density at radius 2 is 2.38 bits per heavy atom. The SMILES string of the molecule is COC[C@H]1[C@H](NC(=O)C2CC(c3ccccn3)NN2)[C@H]2CCO[C@H]21. The number of hydrogen-bond donors (Lipinski definition) is 3. The Labute approximate surface area is 141 Å². The second kappa shape index (κ2) is 6.76. The van der Waals surface area contributed by atoms with E-state index >= 15 is 0 Å². The first-order chi connectivity index (χ1) is 11.8. The summed E-state index contributed by atoms with van der Waals surface area (Å²) in [5.41, 5.74) is 7.22.